The molecule has 2 aromatic rings. The van der Waals surface area contributed by atoms with Gasteiger partial charge in [0.1, 0.15) is 17.6 Å². The molecule has 3 rings (SSSR count). The van der Waals surface area contributed by atoms with E-state index in [0.717, 1.165) is 30.7 Å². The first-order valence-corrected chi connectivity index (χ1v) is 12.3. The van der Waals surface area contributed by atoms with E-state index in [4.69, 9.17) is 10.00 Å². The van der Waals surface area contributed by atoms with Crippen LogP contribution in [0.2, 0.25) is 0 Å². The Morgan fingerprint density at radius 2 is 1.88 bits per heavy atom. The average Bonchev–Trinajstić information content (AvgIpc) is 2.83. The molecule has 2 aromatic carbocycles. The molecule has 0 radical (unpaired) electrons. The van der Waals surface area contributed by atoms with E-state index in [9.17, 15) is 9.18 Å². The van der Waals surface area contributed by atoms with E-state index < -0.39 is 11.8 Å². The van der Waals surface area contributed by atoms with Gasteiger partial charge in [-0.15, -0.1) is 0 Å². The summed E-state index contributed by atoms with van der Waals surface area (Å²) in [5, 5.41) is 8.78. The van der Waals surface area contributed by atoms with E-state index in [-0.39, 0.29) is 11.3 Å². The van der Waals surface area contributed by atoms with Crippen molar-refractivity contribution >= 4 is 5.97 Å². The van der Waals surface area contributed by atoms with Crippen molar-refractivity contribution in [3.05, 3.63) is 77.1 Å². The maximum atomic E-state index is 13.7. The summed E-state index contributed by atoms with van der Waals surface area (Å²) in [7, 11) is 0. The number of halogens is 1. The number of esters is 1. The van der Waals surface area contributed by atoms with Gasteiger partial charge in [0.15, 0.2) is 0 Å². The van der Waals surface area contributed by atoms with Crippen LogP contribution in [-0.4, -0.2) is 5.97 Å². The molecule has 0 spiro atoms. The lowest BCUT2D eigenvalue weighted by Crippen LogP contribution is -2.13. The molecule has 0 saturated heterocycles. The number of nitriles is 1. The Hall–Kier alpha value is -2.93. The quantitative estimate of drug-likeness (QED) is 0.162. The molecule has 0 N–H and O–H groups in total. The van der Waals surface area contributed by atoms with Crippen molar-refractivity contribution in [2.75, 3.05) is 0 Å². The highest BCUT2D eigenvalue weighted by atomic mass is 19.1. The molecule has 0 aromatic heterocycles. The molecule has 0 bridgehead atoms. The Kier molecular flexibility index (Phi) is 9.69. The normalized spacial score (nSPS) is 18.2. The highest BCUT2D eigenvalue weighted by molar-refractivity contribution is 5.91. The van der Waals surface area contributed by atoms with Crippen molar-refractivity contribution in [2.45, 2.75) is 71.1 Å². The third kappa shape index (κ3) is 7.86. The molecule has 1 fully saturated rings. The van der Waals surface area contributed by atoms with Crippen LogP contribution in [0.25, 0.3) is 0 Å². The van der Waals surface area contributed by atoms with Crippen molar-refractivity contribution < 1.29 is 13.9 Å². The second-order valence-electron chi connectivity index (χ2n) is 9.08. The second kappa shape index (κ2) is 12.9. The average molecular weight is 448 g/mol. The Labute approximate surface area is 197 Å². The third-order valence-electron chi connectivity index (χ3n) is 6.58. The second-order valence-corrected chi connectivity index (χ2v) is 9.08. The molecule has 0 aliphatic heterocycles. The summed E-state index contributed by atoms with van der Waals surface area (Å²) in [5.74, 6) is 0.516. The first-order chi connectivity index (χ1) is 16.1. The van der Waals surface area contributed by atoms with Crippen LogP contribution in [0.4, 0.5) is 4.39 Å². The van der Waals surface area contributed by atoms with E-state index in [0.29, 0.717) is 5.56 Å². The number of allylic oxidation sites excluding steroid dienone is 2. The summed E-state index contributed by atoms with van der Waals surface area (Å²) < 4.78 is 18.9. The van der Waals surface area contributed by atoms with Gasteiger partial charge in [0, 0.05) is 6.07 Å². The fourth-order valence-corrected chi connectivity index (χ4v) is 4.51. The van der Waals surface area contributed by atoms with Crippen LogP contribution in [-0.2, 0) is 6.42 Å². The molecule has 0 atom stereocenters. The highest BCUT2D eigenvalue weighted by Gasteiger charge is 2.18. The number of carbonyl (C=O) groups excluding carboxylic acids is 1. The fourth-order valence-electron chi connectivity index (χ4n) is 4.51. The van der Waals surface area contributed by atoms with Crippen LogP contribution in [0.3, 0.4) is 0 Å². The fraction of sp³-hybridized carbons (Fsp3) is 0.448. The zero-order valence-corrected chi connectivity index (χ0v) is 19.6. The SMILES string of the molecule is CCCCCC1CCC(C=CCCc2ccc(C(=O)Oc3ccc(C#N)c(F)c3)cc2)CC1. The van der Waals surface area contributed by atoms with Crippen molar-refractivity contribution in [3.8, 4) is 11.8 Å². The largest absolute Gasteiger partial charge is 0.423 e. The molecule has 0 amide bonds. The summed E-state index contributed by atoms with van der Waals surface area (Å²) in [5.41, 5.74) is 1.50. The lowest BCUT2D eigenvalue weighted by atomic mass is 9.79. The Balaban J connectivity index is 1.39. The number of ether oxygens (including phenoxy) is 1. The Morgan fingerprint density at radius 1 is 1.12 bits per heavy atom. The van der Waals surface area contributed by atoms with Gasteiger partial charge < -0.3 is 4.74 Å². The monoisotopic (exact) mass is 447 g/mol. The van der Waals surface area contributed by atoms with Crippen LogP contribution in [0, 0.1) is 29.0 Å². The number of nitrogens with zero attached hydrogens (tertiary/aromatic N) is 1. The van der Waals surface area contributed by atoms with E-state index in [1.807, 2.05) is 12.1 Å². The van der Waals surface area contributed by atoms with Crippen molar-refractivity contribution in [1.82, 2.24) is 0 Å². The highest BCUT2D eigenvalue weighted by Crippen LogP contribution is 2.32. The smallest absolute Gasteiger partial charge is 0.343 e. The first kappa shape index (κ1) is 24.7. The number of carbonyl (C=O) groups is 1. The zero-order chi connectivity index (χ0) is 23.5. The number of benzene rings is 2. The molecule has 1 saturated carbocycles. The van der Waals surface area contributed by atoms with Gasteiger partial charge >= 0.3 is 5.97 Å². The molecule has 0 heterocycles. The molecule has 1 aliphatic carbocycles. The first-order valence-electron chi connectivity index (χ1n) is 12.3. The molecule has 4 heteroatoms. The Morgan fingerprint density at radius 3 is 2.55 bits per heavy atom. The summed E-state index contributed by atoms with van der Waals surface area (Å²) in [6, 6.07) is 12.9. The summed E-state index contributed by atoms with van der Waals surface area (Å²) >= 11 is 0. The minimum absolute atomic E-state index is 0.0803. The van der Waals surface area contributed by atoms with Gasteiger partial charge in [0.05, 0.1) is 11.1 Å². The lowest BCUT2D eigenvalue weighted by molar-refractivity contribution is 0.0734. The number of hydrogen-bond donors (Lipinski definition) is 0. The minimum Gasteiger partial charge on any atom is -0.423 e. The maximum absolute atomic E-state index is 13.7. The van der Waals surface area contributed by atoms with Gasteiger partial charge in [-0.05, 0) is 80.2 Å². The van der Waals surface area contributed by atoms with Crippen LogP contribution < -0.4 is 4.74 Å². The molecular formula is C29H34FNO2. The van der Waals surface area contributed by atoms with Crippen molar-refractivity contribution in [3.63, 3.8) is 0 Å². The van der Waals surface area contributed by atoms with Gasteiger partial charge in [-0.25, -0.2) is 9.18 Å². The topological polar surface area (TPSA) is 50.1 Å². The molecular weight excluding hydrogens is 413 g/mol. The number of unbranched alkanes of at least 4 members (excludes halogenated alkanes) is 2. The molecule has 33 heavy (non-hydrogen) atoms. The Bertz CT molecular complexity index is 966. The molecule has 1 aliphatic rings. The maximum Gasteiger partial charge on any atom is 0.343 e. The van der Waals surface area contributed by atoms with E-state index >= 15 is 0 Å². The lowest BCUT2D eigenvalue weighted by Gasteiger charge is -2.26. The van der Waals surface area contributed by atoms with Crippen molar-refractivity contribution in [2.24, 2.45) is 11.8 Å². The predicted octanol–water partition coefficient (Wildman–Crippen LogP) is 7.79. The van der Waals surface area contributed by atoms with Crippen LogP contribution >= 0.6 is 0 Å². The van der Waals surface area contributed by atoms with Gasteiger partial charge in [0.2, 0.25) is 0 Å². The summed E-state index contributed by atoms with van der Waals surface area (Å²) in [6.45, 7) is 2.27. The van der Waals surface area contributed by atoms with Gasteiger partial charge in [-0.1, -0.05) is 56.9 Å². The zero-order valence-electron chi connectivity index (χ0n) is 19.6. The van der Waals surface area contributed by atoms with Gasteiger partial charge in [0.25, 0.3) is 0 Å². The van der Waals surface area contributed by atoms with Gasteiger partial charge in [-0.3, -0.25) is 0 Å². The third-order valence-corrected chi connectivity index (χ3v) is 6.58. The van der Waals surface area contributed by atoms with Crippen LogP contribution in [0.5, 0.6) is 5.75 Å². The van der Waals surface area contributed by atoms with E-state index in [1.54, 1.807) is 18.2 Å². The van der Waals surface area contributed by atoms with E-state index in [2.05, 4.69) is 19.1 Å². The predicted molar refractivity (Wildman–Crippen MR) is 130 cm³/mol. The van der Waals surface area contributed by atoms with Crippen LogP contribution in [0.15, 0.2) is 54.6 Å². The standard InChI is InChI=1S/C29H34FNO2/c1-2-3-4-7-22-10-12-23(13-11-22)8-5-6-9-24-14-16-25(17-15-24)29(32)33-27-19-18-26(21-31)28(30)20-27/h5,8,14-20,22-23H,2-4,6-7,9-13H2,1H3. The van der Waals surface area contributed by atoms with E-state index in [1.165, 1.54) is 69.1 Å². The van der Waals surface area contributed by atoms with Gasteiger partial charge in [-0.2, -0.15) is 5.26 Å². The van der Waals surface area contributed by atoms with Crippen molar-refractivity contribution in [1.29, 1.82) is 5.26 Å². The summed E-state index contributed by atoms with van der Waals surface area (Å²) in [4.78, 5) is 12.3. The minimum atomic E-state index is -0.703. The van der Waals surface area contributed by atoms with Crippen LogP contribution in [0.1, 0.15) is 86.2 Å². The number of rotatable bonds is 10. The molecule has 174 valence electrons. The summed E-state index contributed by atoms with van der Waals surface area (Å²) in [6.07, 6.45) is 17.5. The number of aryl methyl sites for hydroxylation is 1. The number of hydrogen-bond acceptors (Lipinski definition) is 3. The molecule has 0 unspecified atom stereocenters. The molecule has 3 nitrogen and oxygen atoms in total.